The fourth-order valence-electron chi connectivity index (χ4n) is 3.84. The number of likely N-dealkylation sites (N-methyl/N-ethyl adjacent to an activating group) is 1. The maximum Gasteiger partial charge on any atom is 0.236 e. The van der Waals surface area contributed by atoms with Crippen LogP contribution >= 0.6 is 0 Å². The molecule has 27 heavy (non-hydrogen) atoms. The molecule has 2 heterocycles. The second kappa shape index (κ2) is 8.95. The Bertz CT molecular complexity index is 760. The number of benzene rings is 1. The van der Waals surface area contributed by atoms with E-state index in [2.05, 4.69) is 27.0 Å². The van der Waals surface area contributed by atoms with E-state index in [4.69, 9.17) is 5.73 Å². The summed E-state index contributed by atoms with van der Waals surface area (Å²) in [5.74, 6) is 0.459. The van der Waals surface area contributed by atoms with Crippen molar-refractivity contribution in [2.45, 2.75) is 39.2 Å². The maximum atomic E-state index is 12.7. The van der Waals surface area contributed by atoms with Gasteiger partial charge in [-0.2, -0.15) is 0 Å². The van der Waals surface area contributed by atoms with E-state index < -0.39 is 0 Å². The number of likely N-dealkylation sites (tertiary alicyclic amines) is 1. The number of rotatable bonds is 6. The molecule has 0 radical (unpaired) electrons. The standard InChI is InChI=1S/C21H29N5O/c1-3-25(4-2)19(27)15-26-13-9-8-12-18(26)20-17(14-23-21(22)24-20)16-10-6-5-7-11-16/h5-7,10-11,14,18H,3-4,8-9,12-13,15H2,1-2H3,(H2,22,23,24)/t18-/m0/s1. The molecule has 3 rings (SSSR count). The molecule has 0 aliphatic carbocycles. The number of amides is 1. The highest BCUT2D eigenvalue weighted by molar-refractivity contribution is 5.78. The molecule has 1 aliphatic rings. The fourth-order valence-corrected chi connectivity index (χ4v) is 3.84. The number of piperidine rings is 1. The molecule has 6 nitrogen and oxygen atoms in total. The van der Waals surface area contributed by atoms with Crippen LogP contribution in [0.4, 0.5) is 5.95 Å². The minimum absolute atomic E-state index is 0.0822. The lowest BCUT2D eigenvalue weighted by Gasteiger charge is -2.36. The van der Waals surface area contributed by atoms with Crippen molar-refractivity contribution in [3.8, 4) is 11.1 Å². The van der Waals surface area contributed by atoms with Gasteiger partial charge >= 0.3 is 0 Å². The Labute approximate surface area is 161 Å². The van der Waals surface area contributed by atoms with Crippen LogP contribution in [-0.2, 0) is 4.79 Å². The highest BCUT2D eigenvalue weighted by Gasteiger charge is 2.30. The maximum absolute atomic E-state index is 12.7. The minimum atomic E-state index is 0.0822. The molecule has 0 bridgehead atoms. The summed E-state index contributed by atoms with van der Waals surface area (Å²) < 4.78 is 0. The number of aromatic nitrogens is 2. The molecule has 6 heteroatoms. The third-order valence-electron chi connectivity index (χ3n) is 5.31. The molecule has 1 aliphatic heterocycles. The molecule has 0 saturated carbocycles. The van der Waals surface area contributed by atoms with E-state index in [0.29, 0.717) is 6.54 Å². The zero-order valence-electron chi connectivity index (χ0n) is 16.3. The average molecular weight is 367 g/mol. The van der Waals surface area contributed by atoms with Crippen molar-refractivity contribution in [3.63, 3.8) is 0 Å². The van der Waals surface area contributed by atoms with Gasteiger partial charge in [-0.1, -0.05) is 36.8 Å². The number of nitrogens with zero attached hydrogens (tertiary/aromatic N) is 4. The SMILES string of the molecule is CCN(CC)C(=O)CN1CCCC[C@H]1c1nc(N)ncc1-c1ccccc1. The molecule has 1 fully saturated rings. The molecule has 1 atom stereocenters. The van der Waals surface area contributed by atoms with Crippen LogP contribution in [0.1, 0.15) is 44.8 Å². The van der Waals surface area contributed by atoms with Crippen LogP contribution in [0.15, 0.2) is 36.5 Å². The molecule has 2 N–H and O–H groups in total. The summed E-state index contributed by atoms with van der Waals surface area (Å²) in [6, 6.07) is 10.2. The average Bonchev–Trinajstić information content (AvgIpc) is 2.70. The Morgan fingerprint density at radius 2 is 1.96 bits per heavy atom. The Morgan fingerprint density at radius 3 is 2.67 bits per heavy atom. The van der Waals surface area contributed by atoms with Crippen LogP contribution in [-0.4, -0.2) is 51.9 Å². The van der Waals surface area contributed by atoms with E-state index in [-0.39, 0.29) is 17.9 Å². The molecule has 0 spiro atoms. The normalized spacial score (nSPS) is 17.6. The van der Waals surface area contributed by atoms with Crippen molar-refractivity contribution in [1.82, 2.24) is 19.8 Å². The third kappa shape index (κ3) is 4.45. The molecular weight excluding hydrogens is 338 g/mol. The van der Waals surface area contributed by atoms with Crippen molar-refractivity contribution >= 4 is 11.9 Å². The third-order valence-corrected chi connectivity index (χ3v) is 5.31. The first kappa shape index (κ1) is 19.3. The van der Waals surface area contributed by atoms with Crippen LogP contribution in [0.25, 0.3) is 11.1 Å². The van der Waals surface area contributed by atoms with Crippen molar-refractivity contribution < 1.29 is 4.79 Å². The molecule has 0 unspecified atom stereocenters. The Morgan fingerprint density at radius 1 is 1.22 bits per heavy atom. The van der Waals surface area contributed by atoms with Crippen LogP contribution in [0, 0.1) is 0 Å². The lowest BCUT2D eigenvalue weighted by molar-refractivity contribution is -0.133. The van der Waals surface area contributed by atoms with Crippen LogP contribution < -0.4 is 5.73 Å². The van der Waals surface area contributed by atoms with Gasteiger partial charge in [0, 0.05) is 24.8 Å². The summed E-state index contributed by atoms with van der Waals surface area (Å²) in [5.41, 5.74) is 8.94. The van der Waals surface area contributed by atoms with Gasteiger partial charge in [-0.05, 0) is 38.8 Å². The predicted molar refractivity (Wildman–Crippen MR) is 108 cm³/mol. The van der Waals surface area contributed by atoms with Gasteiger partial charge in [-0.25, -0.2) is 9.97 Å². The zero-order chi connectivity index (χ0) is 19.2. The summed E-state index contributed by atoms with van der Waals surface area (Å²) in [6.45, 7) is 6.84. The number of carbonyl (C=O) groups excluding carboxylic acids is 1. The summed E-state index contributed by atoms with van der Waals surface area (Å²) >= 11 is 0. The van der Waals surface area contributed by atoms with Crippen molar-refractivity contribution in [1.29, 1.82) is 0 Å². The molecule has 2 aromatic rings. The second-order valence-electron chi connectivity index (χ2n) is 6.94. The number of hydrogen-bond donors (Lipinski definition) is 1. The zero-order valence-corrected chi connectivity index (χ0v) is 16.3. The van der Waals surface area contributed by atoms with E-state index in [0.717, 1.165) is 55.7 Å². The van der Waals surface area contributed by atoms with Crippen LogP contribution in [0.5, 0.6) is 0 Å². The largest absolute Gasteiger partial charge is 0.368 e. The van der Waals surface area contributed by atoms with Gasteiger partial charge in [-0.15, -0.1) is 0 Å². The van der Waals surface area contributed by atoms with E-state index in [1.807, 2.05) is 43.1 Å². The molecule has 1 aromatic heterocycles. The molecule has 1 saturated heterocycles. The van der Waals surface area contributed by atoms with Gasteiger partial charge in [0.2, 0.25) is 11.9 Å². The summed E-state index contributed by atoms with van der Waals surface area (Å²) in [6.07, 6.45) is 5.01. The summed E-state index contributed by atoms with van der Waals surface area (Å²) in [7, 11) is 0. The van der Waals surface area contributed by atoms with E-state index in [1.165, 1.54) is 0 Å². The number of hydrogen-bond acceptors (Lipinski definition) is 5. The van der Waals surface area contributed by atoms with Crippen LogP contribution in [0.3, 0.4) is 0 Å². The Balaban J connectivity index is 1.93. The monoisotopic (exact) mass is 367 g/mol. The minimum Gasteiger partial charge on any atom is -0.368 e. The van der Waals surface area contributed by atoms with Gasteiger partial charge in [0.05, 0.1) is 18.3 Å². The second-order valence-corrected chi connectivity index (χ2v) is 6.94. The molecule has 1 aromatic carbocycles. The quantitative estimate of drug-likeness (QED) is 0.849. The van der Waals surface area contributed by atoms with Gasteiger partial charge < -0.3 is 10.6 Å². The Kier molecular flexibility index (Phi) is 6.40. The van der Waals surface area contributed by atoms with E-state index in [1.54, 1.807) is 0 Å². The first-order valence-corrected chi connectivity index (χ1v) is 9.83. The first-order chi connectivity index (χ1) is 13.1. The molecular formula is C21H29N5O. The Hall–Kier alpha value is -2.47. The highest BCUT2D eigenvalue weighted by Crippen LogP contribution is 2.35. The van der Waals surface area contributed by atoms with Gasteiger partial charge in [0.1, 0.15) is 0 Å². The van der Waals surface area contributed by atoms with Crippen molar-refractivity contribution in [3.05, 3.63) is 42.2 Å². The topological polar surface area (TPSA) is 75.4 Å². The van der Waals surface area contributed by atoms with Gasteiger partial charge in [0.25, 0.3) is 0 Å². The van der Waals surface area contributed by atoms with Crippen molar-refractivity contribution in [2.75, 3.05) is 31.9 Å². The molecule has 144 valence electrons. The predicted octanol–water partition coefficient (Wildman–Crippen LogP) is 3.12. The summed E-state index contributed by atoms with van der Waals surface area (Å²) in [4.78, 5) is 25.7. The lowest BCUT2D eigenvalue weighted by Crippen LogP contribution is -2.43. The number of nitrogen functional groups attached to an aromatic ring is 1. The smallest absolute Gasteiger partial charge is 0.236 e. The van der Waals surface area contributed by atoms with E-state index >= 15 is 0 Å². The van der Waals surface area contributed by atoms with Gasteiger partial charge in [-0.3, -0.25) is 9.69 Å². The number of nitrogens with two attached hydrogens (primary N) is 1. The number of carbonyl (C=O) groups is 1. The van der Waals surface area contributed by atoms with Gasteiger partial charge in [0.15, 0.2) is 0 Å². The van der Waals surface area contributed by atoms with Crippen LogP contribution in [0.2, 0.25) is 0 Å². The fraction of sp³-hybridized carbons (Fsp3) is 0.476. The first-order valence-electron chi connectivity index (χ1n) is 9.83. The summed E-state index contributed by atoms with van der Waals surface area (Å²) in [5, 5.41) is 0. The lowest BCUT2D eigenvalue weighted by atomic mass is 9.94. The number of anilines is 1. The highest BCUT2D eigenvalue weighted by atomic mass is 16.2. The molecule has 1 amide bonds. The van der Waals surface area contributed by atoms with Crippen molar-refractivity contribution in [2.24, 2.45) is 0 Å². The van der Waals surface area contributed by atoms with E-state index in [9.17, 15) is 4.79 Å².